The Morgan fingerprint density at radius 1 is 1.29 bits per heavy atom. The molecule has 0 bridgehead atoms. The molecule has 4 nitrogen and oxygen atoms in total. The fourth-order valence-electron chi connectivity index (χ4n) is 1.99. The molecule has 110 valence electrons. The van der Waals surface area contributed by atoms with Crippen molar-refractivity contribution >= 4 is 17.7 Å². The molecule has 0 fully saturated rings. The van der Waals surface area contributed by atoms with E-state index in [0.717, 1.165) is 21.6 Å². The van der Waals surface area contributed by atoms with Crippen LogP contribution in [0.3, 0.4) is 0 Å². The second-order valence-corrected chi connectivity index (χ2v) is 5.33. The van der Waals surface area contributed by atoms with Gasteiger partial charge in [-0.3, -0.25) is 0 Å². The Bertz CT molecular complexity index is 643. The molecule has 21 heavy (non-hydrogen) atoms. The lowest BCUT2D eigenvalue weighted by Crippen LogP contribution is -2.10. The lowest BCUT2D eigenvalue weighted by atomic mass is 10.0. The Morgan fingerprint density at radius 2 is 2.10 bits per heavy atom. The number of ether oxygens (including phenoxy) is 1. The van der Waals surface area contributed by atoms with E-state index in [-0.39, 0.29) is 6.61 Å². The Labute approximate surface area is 127 Å². The van der Waals surface area contributed by atoms with E-state index in [1.807, 2.05) is 42.7 Å². The molecule has 2 rings (SSSR count). The summed E-state index contributed by atoms with van der Waals surface area (Å²) in [5.41, 5.74) is 8.50. The van der Waals surface area contributed by atoms with Crippen LogP contribution in [-0.4, -0.2) is 23.9 Å². The third kappa shape index (κ3) is 4.00. The first kappa shape index (κ1) is 15.4. The maximum atomic E-state index is 10.7. The maximum absolute atomic E-state index is 10.7. The fourth-order valence-corrected chi connectivity index (χ4v) is 2.45. The first-order valence-electron chi connectivity index (χ1n) is 6.46. The number of carboxylic acids is 1. The molecule has 0 radical (unpaired) electrons. The highest BCUT2D eigenvalue weighted by Gasteiger charge is 2.10. The summed E-state index contributed by atoms with van der Waals surface area (Å²) in [6.07, 6.45) is 2.01. The SMILES string of the molecule is CSc1cccc(-c2cc(CN)ccc2OCC(=O)O)c1. The van der Waals surface area contributed by atoms with Gasteiger partial charge in [0.2, 0.25) is 0 Å². The molecule has 0 saturated heterocycles. The minimum absolute atomic E-state index is 0.364. The highest BCUT2D eigenvalue weighted by atomic mass is 32.2. The zero-order valence-electron chi connectivity index (χ0n) is 11.7. The molecule has 5 heteroatoms. The van der Waals surface area contributed by atoms with Gasteiger partial charge in [-0.05, 0) is 41.6 Å². The summed E-state index contributed by atoms with van der Waals surface area (Å²) in [4.78, 5) is 11.8. The Kier molecular flexibility index (Phi) is 5.25. The molecule has 0 aliphatic rings. The second kappa shape index (κ2) is 7.15. The number of hydrogen-bond donors (Lipinski definition) is 2. The first-order chi connectivity index (χ1) is 10.1. The predicted octanol–water partition coefficient (Wildman–Crippen LogP) is 3.00. The van der Waals surface area contributed by atoms with Gasteiger partial charge in [-0.2, -0.15) is 0 Å². The van der Waals surface area contributed by atoms with Gasteiger partial charge in [0, 0.05) is 17.0 Å². The van der Waals surface area contributed by atoms with Gasteiger partial charge in [0.25, 0.3) is 0 Å². The highest BCUT2D eigenvalue weighted by molar-refractivity contribution is 7.98. The van der Waals surface area contributed by atoms with Gasteiger partial charge in [-0.1, -0.05) is 18.2 Å². The molecule has 2 aromatic carbocycles. The Hall–Kier alpha value is -1.98. The topological polar surface area (TPSA) is 72.5 Å². The molecule has 0 aliphatic carbocycles. The van der Waals surface area contributed by atoms with Gasteiger partial charge in [0.05, 0.1) is 0 Å². The smallest absolute Gasteiger partial charge is 0.341 e. The molecular weight excluding hydrogens is 286 g/mol. The lowest BCUT2D eigenvalue weighted by molar-refractivity contribution is -0.139. The number of aliphatic carboxylic acids is 1. The van der Waals surface area contributed by atoms with Crippen LogP contribution >= 0.6 is 11.8 Å². The van der Waals surface area contributed by atoms with Crippen LogP contribution in [0, 0.1) is 0 Å². The summed E-state index contributed by atoms with van der Waals surface area (Å²) in [5, 5.41) is 8.77. The van der Waals surface area contributed by atoms with E-state index in [2.05, 4.69) is 0 Å². The zero-order chi connectivity index (χ0) is 15.2. The largest absolute Gasteiger partial charge is 0.481 e. The Morgan fingerprint density at radius 3 is 2.76 bits per heavy atom. The molecule has 0 saturated carbocycles. The monoisotopic (exact) mass is 303 g/mol. The van der Waals surface area contributed by atoms with Crippen molar-refractivity contribution in [2.24, 2.45) is 5.73 Å². The van der Waals surface area contributed by atoms with E-state index in [0.29, 0.717) is 12.3 Å². The van der Waals surface area contributed by atoms with E-state index in [4.69, 9.17) is 15.6 Å². The predicted molar refractivity (Wildman–Crippen MR) is 84.7 cm³/mol. The van der Waals surface area contributed by atoms with Crippen molar-refractivity contribution in [3.8, 4) is 16.9 Å². The van der Waals surface area contributed by atoms with E-state index in [9.17, 15) is 4.79 Å². The summed E-state index contributed by atoms with van der Waals surface area (Å²) in [6, 6.07) is 13.6. The molecule has 0 unspecified atom stereocenters. The van der Waals surface area contributed by atoms with Gasteiger partial charge in [0.15, 0.2) is 6.61 Å². The minimum atomic E-state index is -0.998. The van der Waals surface area contributed by atoms with Crippen molar-refractivity contribution in [3.05, 3.63) is 48.0 Å². The number of rotatable bonds is 6. The molecular formula is C16H17NO3S. The van der Waals surface area contributed by atoms with Crippen molar-refractivity contribution in [1.82, 2.24) is 0 Å². The standard InChI is InChI=1S/C16H17NO3S/c1-21-13-4-2-3-12(8-13)14-7-11(9-17)5-6-15(14)20-10-16(18)19/h2-8H,9-10,17H2,1H3,(H,18,19). The van der Waals surface area contributed by atoms with E-state index < -0.39 is 5.97 Å². The van der Waals surface area contributed by atoms with Crippen molar-refractivity contribution in [3.63, 3.8) is 0 Å². The zero-order valence-corrected chi connectivity index (χ0v) is 12.5. The molecule has 3 N–H and O–H groups in total. The van der Waals surface area contributed by atoms with Gasteiger partial charge < -0.3 is 15.6 Å². The lowest BCUT2D eigenvalue weighted by Gasteiger charge is -2.12. The number of hydrogen-bond acceptors (Lipinski definition) is 4. The van der Waals surface area contributed by atoms with E-state index in [1.54, 1.807) is 17.8 Å². The summed E-state index contributed by atoms with van der Waals surface area (Å²) < 4.78 is 5.38. The van der Waals surface area contributed by atoms with Crippen LogP contribution in [0.4, 0.5) is 0 Å². The quantitative estimate of drug-likeness (QED) is 0.803. The van der Waals surface area contributed by atoms with Gasteiger partial charge in [-0.25, -0.2) is 4.79 Å². The summed E-state index contributed by atoms with van der Waals surface area (Å²) in [6.45, 7) is 0.0611. The number of carbonyl (C=O) groups is 1. The Balaban J connectivity index is 2.44. The highest BCUT2D eigenvalue weighted by Crippen LogP contribution is 2.33. The fraction of sp³-hybridized carbons (Fsp3) is 0.188. The third-order valence-corrected chi connectivity index (χ3v) is 3.74. The minimum Gasteiger partial charge on any atom is -0.481 e. The maximum Gasteiger partial charge on any atom is 0.341 e. The molecule has 0 amide bonds. The van der Waals surface area contributed by atoms with Crippen molar-refractivity contribution in [1.29, 1.82) is 0 Å². The van der Waals surface area contributed by atoms with E-state index >= 15 is 0 Å². The average molecular weight is 303 g/mol. The van der Waals surface area contributed by atoms with Gasteiger partial charge in [0.1, 0.15) is 5.75 Å². The van der Waals surface area contributed by atoms with Gasteiger partial charge >= 0.3 is 5.97 Å². The molecule has 0 aliphatic heterocycles. The van der Waals surface area contributed by atoms with E-state index in [1.165, 1.54) is 0 Å². The number of thioether (sulfide) groups is 1. The van der Waals surface area contributed by atoms with Crippen LogP contribution in [0.25, 0.3) is 11.1 Å². The van der Waals surface area contributed by atoms with Crippen LogP contribution in [-0.2, 0) is 11.3 Å². The van der Waals surface area contributed by atoms with Crippen molar-refractivity contribution in [2.75, 3.05) is 12.9 Å². The summed E-state index contributed by atoms with van der Waals surface area (Å²) >= 11 is 1.65. The second-order valence-electron chi connectivity index (χ2n) is 4.45. The molecule has 2 aromatic rings. The van der Waals surface area contributed by atoms with Crippen LogP contribution in [0.2, 0.25) is 0 Å². The number of carboxylic acid groups (broad SMARTS) is 1. The molecule has 0 spiro atoms. The van der Waals surface area contributed by atoms with Crippen molar-refractivity contribution in [2.45, 2.75) is 11.4 Å². The first-order valence-corrected chi connectivity index (χ1v) is 7.68. The normalized spacial score (nSPS) is 10.4. The van der Waals surface area contributed by atoms with Crippen LogP contribution < -0.4 is 10.5 Å². The molecule has 0 heterocycles. The third-order valence-electron chi connectivity index (χ3n) is 3.01. The van der Waals surface area contributed by atoms with Crippen LogP contribution in [0.5, 0.6) is 5.75 Å². The number of nitrogens with two attached hydrogens (primary N) is 1. The van der Waals surface area contributed by atoms with Gasteiger partial charge in [-0.15, -0.1) is 11.8 Å². The van der Waals surface area contributed by atoms with Crippen LogP contribution in [0.1, 0.15) is 5.56 Å². The summed E-state index contributed by atoms with van der Waals surface area (Å²) in [7, 11) is 0. The number of benzene rings is 2. The van der Waals surface area contributed by atoms with Crippen LogP contribution in [0.15, 0.2) is 47.4 Å². The summed E-state index contributed by atoms with van der Waals surface area (Å²) in [5.74, 6) is -0.449. The average Bonchev–Trinajstić information content (AvgIpc) is 2.52. The molecule has 0 atom stereocenters. The van der Waals surface area contributed by atoms with Crippen molar-refractivity contribution < 1.29 is 14.6 Å². The molecule has 0 aromatic heterocycles.